The van der Waals surface area contributed by atoms with E-state index in [1.807, 2.05) is 30.9 Å². The lowest BCUT2D eigenvalue weighted by Crippen LogP contribution is -2.43. The van der Waals surface area contributed by atoms with E-state index in [1.54, 1.807) is 18.4 Å². The van der Waals surface area contributed by atoms with Crippen molar-refractivity contribution in [2.24, 2.45) is 36.6 Å². The van der Waals surface area contributed by atoms with E-state index in [0.29, 0.717) is 6.42 Å². The number of thiazole rings is 1. The topological polar surface area (TPSA) is 88.8 Å². The lowest BCUT2D eigenvalue weighted by atomic mass is 9.68. The summed E-state index contributed by atoms with van der Waals surface area (Å²) < 4.78 is 8.31. The predicted molar refractivity (Wildman–Crippen MR) is 134 cm³/mol. The Labute approximate surface area is 216 Å². The highest BCUT2D eigenvalue weighted by molar-refractivity contribution is 8.00. The standard InChI is InChI=1S/C25H26N2O5S3/c1-26-24-21(35-25(26)33)16(11-5-7-12(32-2)8-6-11)17-13-10-14(20(17)34-24)19-18(13)22(30)27(23(19)31)9-3-4-15(28)29/h5-8,13-14,16-20H,3-4,9-10H2,1-2H3,(H,28,29)/t13-,14+,16+,17-,18+,19-,20-/m1/s1. The van der Waals surface area contributed by atoms with Crippen molar-refractivity contribution in [3.8, 4) is 5.75 Å². The van der Waals surface area contributed by atoms with Crippen LogP contribution < -0.4 is 4.74 Å². The average Bonchev–Trinajstić information content (AvgIpc) is 3.55. The number of carboxylic acids is 1. The Morgan fingerprint density at radius 2 is 1.86 bits per heavy atom. The first-order chi connectivity index (χ1) is 16.8. The van der Waals surface area contributed by atoms with Crippen LogP contribution in [-0.2, 0) is 21.4 Å². The number of carbonyl (C=O) groups excluding carboxylic acids is 2. The zero-order chi connectivity index (χ0) is 24.6. The number of carbonyl (C=O) groups is 3. The Hall–Kier alpha value is -2.17. The second-order valence-electron chi connectivity index (χ2n) is 9.95. The summed E-state index contributed by atoms with van der Waals surface area (Å²) in [6.45, 7) is 0.197. The summed E-state index contributed by atoms with van der Waals surface area (Å²) in [5.74, 6) is -0.232. The van der Waals surface area contributed by atoms with Gasteiger partial charge in [0.05, 0.1) is 24.0 Å². The van der Waals surface area contributed by atoms with Crippen LogP contribution in [0.1, 0.15) is 35.6 Å². The van der Waals surface area contributed by atoms with Crippen LogP contribution in [0.4, 0.5) is 0 Å². The molecule has 1 aromatic carbocycles. The predicted octanol–water partition coefficient (Wildman–Crippen LogP) is 4.16. The molecule has 2 aromatic rings. The molecule has 10 heteroatoms. The number of methoxy groups -OCH3 is 1. The molecule has 6 rings (SSSR count). The van der Waals surface area contributed by atoms with Crippen molar-refractivity contribution in [2.75, 3.05) is 13.7 Å². The number of hydrogen-bond acceptors (Lipinski definition) is 7. The summed E-state index contributed by atoms with van der Waals surface area (Å²) in [5.41, 5.74) is 1.19. The highest BCUT2D eigenvalue weighted by atomic mass is 32.2. The van der Waals surface area contributed by atoms with Gasteiger partial charge in [-0.2, -0.15) is 0 Å². The molecular formula is C25H26N2O5S3. The van der Waals surface area contributed by atoms with Gasteiger partial charge in [-0.1, -0.05) is 12.1 Å². The zero-order valence-corrected chi connectivity index (χ0v) is 21.8. The number of imide groups is 1. The number of rotatable bonds is 6. The van der Waals surface area contributed by atoms with E-state index in [4.69, 9.17) is 22.1 Å². The molecule has 3 fully saturated rings. The zero-order valence-electron chi connectivity index (χ0n) is 19.4. The van der Waals surface area contributed by atoms with Gasteiger partial charge in [0.1, 0.15) is 5.75 Å². The second-order valence-corrected chi connectivity index (χ2v) is 12.8. The third-order valence-corrected chi connectivity index (χ3v) is 11.8. The Balaban J connectivity index is 1.38. The molecule has 2 aliphatic carbocycles. The molecule has 184 valence electrons. The first-order valence-corrected chi connectivity index (χ1v) is 14.0. The number of ether oxygens (including phenoxy) is 1. The minimum absolute atomic E-state index is 0.0417. The molecule has 0 spiro atoms. The van der Waals surface area contributed by atoms with Crippen LogP contribution in [0.2, 0.25) is 0 Å². The molecule has 2 bridgehead atoms. The third-order valence-electron chi connectivity index (χ3n) is 8.40. The number of nitrogens with zero attached hydrogens (tertiary/aromatic N) is 2. The monoisotopic (exact) mass is 530 g/mol. The number of carboxylic acid groups (broad SMARTS) is 1. The fraction of sp³-hybridized carbons (Fsp3) is 0.520. The molecule has 4 aliphatic rings. The fourth-order valence-corrected chi connectivity index (χ4v) is 10.6. The number of amides is 2. The van der Waals surface area contributed by atoms with Gasteiger partial charge in [-0.15, -0.1) is 23.1 Å². The average molecular weight is 531 g/mol. The highest BCUT2D eigenvalue weighted by Crippen LogP contribution is 2.69. The molecule has 3 heterocycles. The van der Waals surface area contributed by atoms with Gasteiger partial charge in [-0.3, -0.25) is 19.3 Å². The number of hydrogen-bond donors (Lipinski definition) is 1. The van der Waals surface area contributed by atoms with Crippen molar-refractivity contribution in [2.45, 2.75) is 35.5 Å². The molecule has 0 radical (unpaired) electrons. The molecule has 7 nitrogen and oxygen atoms in total. The van der Waals surface area contributed by atoms with E-state index in [0.717, 1.165) is 16.1 Å². The molecular weight excluding hydrogens is 504 g/mol. The van der Waals surface area contributed by atoms with Gasteiger partial charge in [0.15, 0.2) is 3.95 Å². The molecule has 2 saturated carbocycles. The summed E-state index contributed by atoms with van der Waals surface area (Å²) in [6, 6.07) is 8.20. The van der Waals surface area contributed by atoms with E-state index in [2.05, 4.69) is 16.7 Å². The molecule has 1 N–H and O–H groups in total. The highest BCUT2D eigenvalue weighted by Gasteiger charge is 2.69. The Morgan fingerprint density at radius 3 is 2.51 bits per heavy atom. The number of thioether (sulfide) groups is 1. The largest absolute Gasteiger partial charge is 0.497 e. The number of likely N-dealkylation sites (tertiary alicyclic amines) is 1. The van der Waals surface area contributed by atoms with Crippen molar-refractivity contribution in [1.29, 1.82) is 0 Å². The molecule has 35 heavy (non-hydrogen) atoms. The van der Waals surface area contributed by atoms with Gasteiger partial charge in [0.2, 0.25) is 11.8 Å². The molecule has 7 atom stereocenters. The van der Waals surface area contributed by atoms with E-state index in [-0.39, 0.29) is 65.5 Å². The van der Waals surface area contributed by atoms with Crippen LogP contribution in [0.15, 0.2) is 29.3 Å². The lowest BCUT2D eigenvalue weighted by Gasteiger charge is -2.43. The molecule has 1 aromatic heterocycles. The fourth-order valence-electron chi connectivity index (χ4n) is 7.03. The molecule has 2 aliphatic heterocycles. The second kappa shape index (κ2) is 8.45. The van der Waals surface area contributed by atoms with E-state index >= 15 is 0 Å². The van der Waals surface area contributed by atoms with E-state index in [1.165, 1.54) is 20.4 Å². The van der Waals surface area contributed by atoms with Crippen LogP contribution in [0, 0.1) is 33.5 Å². The van der Waals surface area contributed by atoms with Crippen molar-refractivity contribution in [3.05, 3.63) is 38.7 Å². The minimum atomic E-state index is -0.908. The lowest BCUT2D eigenvalue weighted by molar-refractivity contribution is -0.142. The maximum atomic E-state index is 13.5. The van der Waals surface area contributed by atoms with E-state index in [9.17, 15) is 14.4 Å². The molecule has 2 amide bonds. The molecule has 1 saturated heterocycles. The summed E-state index contributed by atoms with van der Waals surface area (Å²) in [7, 11) is 3.67. The smallest absolute Gasteiger partial charge is 0.303 e. The van der Waals surface area contributed by atoms with Crippen molar-refractivity contribution < 1.29 is 24.2 Å². The van der Waals surface area contributed by atoms with Gasteiger partial charge in [0.25, 0.3) is 0 Å². The van der Waals surface area contributed by atoms with Crippen molar-refractivity contribution >= 4 is 53.1 Å². The van der Waals surface area contributed by atoms with Gasteiger partial charge < -0.3 is 14.4 Å². The molecule has 0 unspecified atom stereocenters. The SMILES string of the molecule is COc1ccc([C@@H]2c3sc(=S)n(C)c3S[C@@H]3[C@H]4C[C@@H]([C@@H]5C(=O)N(CCCC(=O)O)C(=O)[C@H]45)[C@H]23)cc1. The van der Waals surface area contributed by atoms with E-state index < -0.39 is 5.97 Å². The van der Waals surface area contributed by atoms with Gasteiger partial charge in [0, 0.05) is 36.1 Å². The quantitative estimate of drug-likeness (QED) is 0.443. The maximum Gasteiger partial charge on any atom is 0.303 e. The van der Waals surface area contributed by atoms with Crippen molar-refractivity contribution in [3.63, 3.8) is 0 Å². The number of benzene rings is 1. The Bertz CT molecular complexity index is 1290. The first-order valence-electron chi connectivity index (χ1n) is 11.9. The summed E-state index contributed by atoms with van der Waals surface area (Å²) in [4.78, 5) is 40.4. The minimum Gasteiger partial charge on any atom is -0.497 e. The third kappa shape index (κ3) is 3.36. The van der Waals surface area contributed by atoms with Crippen molar-refractivity contribution in [1.82, 2.24) is 9.47 Å². The van der Waals surface area contributed by atoms with Crippen LogP contribution in [-0.4, -0.2) is 51.3 Å². The number of fused-ring (bicyclic) bond motifs is 9. The van der Waals surface area contributed by atoms with Crippen LogP contribution in [0.5, 0.6) is 5.75 Å². The summed E-state index contributed by atoms with van der Waals surface area (Å²) >= 11 is 9.15. The Kier molecular flexibility index (Phi) is 5.61. The normalized spacial score (nSPS) is 32.5. The summed E-state index contributed by atoms with van der Waals surface area (Å²) in [6.07, 6.45) is 1.15. The van der Waals surface area contributed by atoms with Gasteiger partial charge in [-0.25, -0.2) is 0 Å². The van der Waals surface area contributed by atoms with Crippen LogP contribution in [0.25, 0.3) is 0 Å². The Morgan fingerprint density at radius 1 is 1.17 bits per heavy atom. The number of aromatic nitrogens is 1. The first kappa shape index (κ1) is 23.2. The van der Waals surface area contributed by atoms with Gasteiger partial charge >= 0.3 is 5.97 Å². The van der Waals surface area contributed by atoms with Crippen LogP contribution >= 0.6 is 35.3 Å². The van der Waals surface area contributed by atoms with Crippen LogP contribution in [0.3, 0.4) is 0 Å². The maximum absolute atomic E-state index is 13.5. The van der Waals surface area contributed by atoms with Gasteiger partial charge in [-0.05, 0) is 60.5 Å². The number of aliphatic carboxylic acids is 1. The summed E-state index contributed by atoms with van der Waals surface area (Å²) in [5, 5.41) is 10.4.